The minimum absolute atomic E-state index is 0.105. The van der Waals surface area contributed by atoms with Crippen LogP contribution in [0.3, 0.4) is 0 Å². The van der Waals surface area contributed by atoms with Crippen LogP contribution in [0.2, 0.25) is 0 Å². The highest BCUT2D eigenvalue weighted by molar-refractivity contribution is 5.72. The molecule has 0 aliphatic rings. The van der Waals surface area contributed by atoms with E-state index in [4.69, 9.17) is 9.84 Å². The minimum Gasteiger partial charge on any atom is -0.479 e. The number of carbonyl (C=O) groups is 1. The van der Waals surface area contributed by atoms with E-state index in [9.17, 15) is 9.18 Å². The number of benzene rings is 1. The summed E-state index contributed by atoms with van der Waals surface area (Å²) in [7, 11) is 0. The van der Waals surface area contributed by atoms with Gasteiger partial charge < -0.3 is 15.2 Å². The molecule has 0 saturated carbocycles. The third kappa shape index (κ3) is 4.49. The molecule has 0 fully saturated rings. The van der Waals surface area contributed by atoms with Gasteiger partial charge in [-0.1, -0.05) is 13.8 Å². The van der Waals surface area contributed by atoms with Crippen molar-refractivity contribution in [3.63, 3.8) is 0 Å². The Labute approximate surface area is 119 Å². The van der Waals surface area contributed by atoms with Crippen molar-refractivity contribution in [2.45, 2.75) is 45.8 Å². The van der Waals surface area contributed by atoms with Crippen molar-refractivity contribution in [3.8, 4) is 5.75 Å². The molecule has 0 amide bonds. The largest absolute Gasteiger partial charge is 0.479 e. The van der Waals surface area contributed by atoms with Gasteiger partial charge in [-0.05, 0) is 44.5 Å². The zero-order valence-corrected chi connectivity index (χ0v) is 12.1. The molecule has 0 saturated heterocycles. The third-order valence-corrected chi connectivity index (χ3v) is 3.05. The second-order valence-corrected chi connectivity index (χ2v) is 4.71. The van der Waals surface area contributed by atoms with Crippen molar-refractivity contribution < 1.29 is 19.0 Å². The van der Waals surface area contributed by atoms with E-state index in [0.29, 0.717) is 17.7 Å². The molecule has 0 aliphatic carbocycles. The molecule has 1 aromatic rings. The van der Waals surface area contributed by atoms with Crippen LogP contribution < -0.4 is 10.1 Å². The fourth-order valence-electron chi connectivity index (χ4n) is 1.90. The Kier molecular flexibility index (Phi) is 6.45. The third-order valence-electron chi connectivity index (χ3n) is 3.05. The van der Waals surface area contributed by atoms with E-state index in [0.717, 1.165) is 13.0 Å². The lowest BCUT2D eigenvalue weighted by molar-refractivity contribution is -0.145. The van der Waals surface area contributed by atoms with Crippen LogP contribution in [0, 0.1) is 5.82 Å². The van der Waals surface area contributed by atoms with Crippen molar-refractivity contribution >= 4 is 5.97 Å². The summed E-state index contributed by atoms with van der Waals surface area (Å²) in [6, 6.07) is 4.05. The van der Waals surface area contributed by atoms with Gasteiger partial charge in [-0.25, -0.2) is 9.18 Å². The van der Waals surface area contributed by atoms with Gasteiger partial charge in [0.25, 0.3) is 0 Å². The predicted octanol–water partition coefficient (Wildman–Crippen LogP) is 3.13. The van der Waals surface area contributed by atoms with Crippen LogP contribution in [0.5, 0.6) is 5.75 Å². The van der Waals surface area contributed by atoms with Crippen LogP contribution >= 0.6 is 0 Å². The Morgan fingerprint density at radius 1 is 1.45 bits per heavy atom. The molecule has 2 N–H and O–H groups in total. The summed E-state index contributed by atoms with van der Waals surface area (Å²) in [6.45, 7) is 6.48. The van der Waals surface area contributed by atoms with Gasteiger partial charge in [0.1, 0.15) is 11.6 Å². The first-order valence-electron chi connectivity index (χ1n) is 6.91. The lowest BCUT2D eigenvalue weighted by atomic mass is 10.1. The van der Waals surface area contributed by atoms with Crippen molar-refractivity contribution in [3.05, 3.63) is 29.6 Å². The SMILES string of the molecule is CCCNC(C)c1cc(F)ccc1OC(CC)C(=O)O. The molecule has 1 aromatic carbocycles. The summed E-state index contributed by atoms with van der Waals surface area (Å²) in [5, 5.41) is 12.3. The van der Waals surface area contributed by atoms with Gasteiger partial charge in [-0.15, -0.1) is 0 Å². The summed E-state index contributed by atoms with van der Waals surface area (Å²) in [5.74, 6) is -0.963. The highest BCUT2D eigenvalue weighted by atomic mass is 19.1. The number of carboxylic acids is 1. The maximum atomic E-state index is 13.4. The molecule has 112 valence electrons. The molecule has 0 radical (unpaired) electrons. The number of aliphatic carboxylic acids is 1. The summed E-state index contributed by atoms with van der Waals surface area (Å²) in [5.41, 5.74) is 0.637. The Morgan fingerprint density at radius 2 is 2.15 bits per heavy atom. The fourth-order valence-corrected chi connectivity index (χ4v) is 1.90. The van der Waals surface area contributed by atoms with Gasteiger partial charge in [-0.2, -0.15) is 0 Å². The van der Waals surface area contributed by atoms with Crippen LogP contribution in [0.15, 0.2) is 18.2 Å². The van der Waals surface area contributed by atoms with Gasteiger partial charge >= 0.3 is 5.97 Å². The Bertz CT molecular complexity index is 451. The zero-order chi connectivity index (χ0) is 15.1. The van der Waals surface area contributed by atoms with Crippen molar-refractivity contribution in [2.24, 2.45) is 0 Å². The maximum Gasteiger partial charge on any atom is 0.344 e. The number of hydrogen-bond acceptors (Lipinski definition) is 3. The van der Waals surface area contributed by atoms with Crippen molar-refractivity contribution in [2.75, 3.05) is 6.54 Å². The minimum atomic E-state index is -1.02. The zero-order valence-electron chi connectivity index (χ0n) is 12.1. The van der Waals surface area contributed by atoms with Crippen LogP contribution in [-0.2, 0) is 4.79 Å². The fraction of sp³-hybridized carbons (Fsp3) is 0.533. The lowest BCUT2D eigenvalue weighted by Gasteiger charge is -2.20. The topological polar surface area (TPSA) is 58.6 Å². The van der Waals surface area contributed by atoms with Gasteiger partial charge in [0.2, 0.25) is 0 Å². The summed E-state index contributed by atoms with van der Waals surface area (Å²) in [6.07, 6.45) is 0.392. The molecule has 0 spiro atoms. The molecule has 20 heavy (non-hydrogen) atoms. The maximum absolute atomic E-state index is 13.4. The summed E-state index contributed by atoms with van der Waals surface area (Å²) in [4.78, 5) is 11.0. The molecule has 2 unspecified atom stereocenters. The monoisotopic (exact) mass is 283 g/mol. The van der Waals surface area contributed by atoms with Gasteiger partial charge in [0, 0.05) is 11.6 Å². The molecule has 2 atom stereocenters. The molecule has 1 rings (SSSR count). The van der Waals surface area contributed by atoms with Crippen LogP contribution in [0.4, 0.5) is 4.39 Å². The predicted molar refractivity (Wildman–Crippen MR) is 75.5 cm³/mol. The second-order valence-electron chi connectivity index (χ2n) is 4.71. The normalized spacial score (nSPS) is 13.8. The number of carboxylic acid groups (broad SMARTS) is 1. The van der Waals surface area contributed by atoms with E-state index in [1.165, 1.54) is 18.2 Å². The Hall–Kier alpha value is -1.62. The molecular weight excluding hydrogens is 261 g/mol. The number of ether oxygens (including phenoxy) is 1. The summed E-state index contributed by atoms with van der Waals surface area (Å²) < 4.78 is 18.9. The molecule has 0 aromatic heterocycles. The van der Waals surface area contributed by atoms with E-state index in [2.05, 4.69) is 5.32 Å². The molecule has 5 heteroatoms. The van der Waals surface area contributed by atoms with Gasteiger partial charge in [0.05, 0.1) is 0 Å². The van der Waals surface area contributed by atoms with Crippen LogP contribution in [0.1, 0.15) is 45.2 Å². The first-order chi connectivity index (χ1) is 9.49. The number of hydrogen-bond donors (Lipinski definition) is 2. The quantitative estimate of drug-likeness (QED) is 0.769. The highest BCUT2D eigenvalue weighted by Crippen LogP contribution is 2.27. The standard InChI is InChI=1S/C15H22FNO3/c1-4-8-17-10(3)12-9-11(16)6-7-14(12)20-13(5-2)15(18)19/h6-7,9-10,13,17H,4-5,8H2,1-3H3,(H,18,19). The lowest BCUT2D eigenvalue weighted by Crippen LogP contribution is -2.27. The summed E-state index contributed by atoms with van der Waals surface area (Å²) >= 11 is 0. The highest BCUT2D eigenvalue weighted by Gasteiger charge is 2.20. The van der Waals surface area contributed by atoms with Gasteiger partial charge in [-0.3, -0.25) is 0 Å². The van der Waals surface area contributed by atoms with E-state index in [1.54, 1.807) is 6.92 Å². The average Bonchev–Trinajstić information content (AvgIpc) is 2.42. The van der Waals surface area contributed by atoms with Crippen LogP contribution in [-0.4, -0.2) is 23.7 Å². The Morgan fingerprint density at radius 3 is 2.70 bits per heavy atom. The molecule has 0 bridgehead atoms. The van der Waals surface area contributed by atoms with Crippen molar-refractivity contribution in [1.82, 2.24) is 5.32 Å². The number of rotatable bonds is 8. The van der Waals surface area contributed by atoms with E-state index < -0.39 is 12.1 Å². The first kappa shape index (κ1) is 16.4. The van der Waals surface area contributed by atoms with E-state index in [1.807, 2.05) is 13.8 Å². The van der Waals surface area contributed by atoms with Crippen LogP contribution in [0.25, 0.3) is 0 Å². The molecule has 0 heterocycles. The molecular formula is C15H22FNO3. The number of halogens is 1. The van der Waals surface area contributed by atoms with Crippen molar-refractivity contribution in [1.29, 1.82) is 0 Å². The van der Waals surface area contributed by atoms with E-state index >= 15 is 0 Å². The van der Waals surface area contributed by atoms with E-state index in [-0.39, 0.29) is 11.9 Å². The van der Waals surface area contributed by atoms with Gasteiger partial charge in [0.15, 0.2) is 6.10 Å². The smallest absolute Gasteiger partial charge is 0.344 e. The molecule has 0 aliphatic heterocycles. The average molecular weight is 283 g/mol. The number of nitrogens with one attached hydrogen (secondary N) is 1. The molecule has 4 nitrogen and oxygen atoms in total. The second kappa shape index (κ2) is 7.85. The first-order valence-corrected chi connectivity index (χ1v) is 6.91. The Balaban J connectivity index is 2.97.